The molecule has 20 heavy (non-hydrogen) atoms. The third-order valence-corrected chi connectivity index (χ3v) is 7.98. The number of primary amides is 1. The summed E-state index contributed by atoms with van der Waals surface area (Å²) in [5.41, 5.74) is 5.26. The van der Waals surface area contributed by atoms with E-state index in [4.69, 9.17) is 5.73 Å². The van der Waals surface area contributed by atoms with Crippen LogP contribution in [0.3, 0.4) is 0 Å². The third-order valence-electron chi connectivity index (χ3n) is 4.67. The molecule has 0 aromatic carbocycles. The molecule has 0 radical (unpaired) electrons. The first-order valence-corrected chi connectivity index (χ1v) is 9.82. The number of likely N-dealkylation sites (tertiary alicyclic amines) is 1. The Kier molecular flexibility index (Phi) is 5.18. The SMILES string of the molecule is NC(=O)CN1CCC(N[C@@H]2CC[C@@H]3SCCS[C@@H]32)CC1. The molecule has 6 heteroatoms. The second-order valence-electron chi connectivity index (χ2n) is 6.11. The number of carbonyl (C=O) groups excluding carboxylic acids is 1. The minimum Gasteiger partial charge on any atom is -0.369 e. The van der Waals surface area contributed by atoms with Gasteiger partial charge >= 0.3 is 0 Å². The summed E-state index contributed by atoms with van der Waals surface area (Å²) in [5, 5.41) is 5.63. The van der Waals surface area contributed by atoms with Crippen molar-refractivity contribution in [3.63, 3.8) is 0 Å². The molecule has 1 saturated carbocycles. The van der Waals surface area contributed by atoms with E-state index in [0.29, 0.717) is 18.6 Å². The van der Waals surface area contributed by atoms with Crippen LogP contribution in [0, 0.1) is 0 Å². The zero-order valence-corrected chi connectivity index (χ0v) is 13.6. The van der Waals surface area contributed by atoms with E-state index >= 15 is 0 Å². The van der Waals surface area contributed by atoms with E-state index in [0.717, 1.165) is 36.4 Å². The van der Waals surface area contributed by atoms with Crippen LogP contribution >= 0.6 is 23.5 Å². The molecule has 0 spiro atoms. The van der Waals surface area contributed by atoms with Gasteiger partial charge < -0.3 is 11.1 Å². The summed E-state index contributed by atoms with van der Waals surface area (Å²) < 4.78 is 0. The molecule has 3 fully saturated rings. The maximum absolute atomic E-state index is 10.9. The molecule has 1 aliphatic carbocycles. The molecule has 1 amide bonds. The number of thioether (sulfide) groups is 2. The molecular formula is C14H25N3OS2. The van der Waals surface area contributed by atoms with Crippen LogP contribution in [0.25, 0.3) is 0 Å². The minimum absolute atomic E-state index is 0.203. The minimum atomic E-state index is -0.203. The second kappa shape index (κ2) is 6.90. The van der Waals surface area contributed by atoms with E-state index in [1.165, 1.54) is 24.3 Å². The molecule has 2 heterocycles. The van der Waals surface area contributed by atoms with Gasteiger partial charge in [0.1, 0.15) is 0 Å². The van der Waals surface area contributed by atoms with E-state index in [1.807, 2.05) is 0 Å². The lowest BCUT2D eigenvalue weighted by Gasteiger charge is -2.35. The molecule has 3 N–H and O–H groups in total. The van der Waals surface area contributed by atoms with E-state index in [1.54, 1.807) is 0 Å². The lowest BCUT2D eigenvalue weighted by Crippen LogP contribution is -2.50. The Labute approximate surface area is 130 Å². The summed E-state index contributed by atoms with van der Waals surface area (Å²) in [5.74, 6) is 2.45. The molecule has 2 saturated heterocycles. The van der Waals surface area contributed by atoms with Crippen molar-refractivity contribution < 1.29 is 4.79 Å². The molecule has 0 unspecified atom stereocenters. The van der Waals surface area contributed by atoms with Crippen molar-refractivity contribution in [2.24, 2.45) is 5.73 Å². The molecule has 3 rings (SSSR count). The molecule has 0 aromatic rings. The zero-order valence-electron chi connectivity index (χ0n) is 11.9. The highest BCUT2D eigenvalue weighted by Gasteiger charge is 2.39. The number of hydrogen-bond acceptors (Lipinski definition) is 5. The number of nitrogens with one attached hydrogen (secondary N) is 1. The average Bonchev–Trinajstić information content (AvgIpc) is 2.84. The molecular weight excluding hydrogens is 290 g/mol. The van der Waals surface area contributed by atoms with Crippen molar-refractivity contribution >= 4 is 29.4 Å². The fourth-order valence-corrected chi connectivity index (χ4v) is 6.97. The topological polar surface area (TPSA) is 58.4 Å². The van der Waals surface area contributed by atoms with Crippen LogP contribution in [0.5, 0.6) is 0 Å². The first-order chi connectivity index (χ1) is 9.72. The van der Waals surface area contributed by atoms with Crippen LogP contribution in [0.4, 0.5) is 0 Å². The highest BCUT2D eigenvalue weighted by molar-refractivity contribution is 8.07. The van der Waals surface area contributed by atoms with Crippen LogP contribution in [-0.4, -0.2) is 64.5 Å². The first-order valence-electron chi connectivity index (χ1n) is 7.72. The maximum Gasteiger partial charge on any atom is 0.231 e. The Bertz CT molecular complexity index is 347. The predicted molar refractivity (Wildman–Crippen MR) is 87.3 cm³/mol. The molecule has 3 atom stereocenters. The summed E-state index contributed by atoms with van der Waals surface area (Å²) in [4.78, 5) is 13.1. The van der Waals surface area contributed by atoms with Crippen LogP contribution in [0.15, 0.2) is 0 Å². The average molecular weight is 316 g/mol. The zero-order chi connectivity index (χ0) is 13.9. The number of fused-ring (bicyclic) bond motifs is 1. The number of amides is 1. The summed E-state index contributed by atoms with van der Waals surface area (Å²) in [7, 11) is 0. The number of piperidine rings is 1. The van der Waals surface area contributed by atoms with E-state index in [2.05, 4.69) is 33.7 Å². The number of nitrogens with two attached hydrogens (primary N) is 1. The van der Waals surface area contributed by atoms with Crippen molar-refractivity contribution in [3.8, 4) is 0 Å². The Morgan fingerprint density at radius 3 is 2.65 bits per heavy atom. The molecule has 4 nitrogen and oxygen atoms in total. The Morgan fingerprint density at radius 1 is 1.15 bits per heavy atom. The highest BCUT2D eigenvalue weighted by Crippen LogP contribution is 2.42. The van der Waals surface area contributed by atoms with Gasteiger partial charge in [-0.1, -0.05) is 0 Å². The monoisotopic (exact) mass is 315 g/mol. The Morgan fingerprint density at radius 2 is 1.90 bits per heavy atom. The van der Waals surface area contributed by atoms with Gasteiger partial charge in [0.25, 0.3) is 0 Å². The first kappa shape index (κ1) is 15.0. The second-order valence-corrected chi connectivity index (χ2v) is 8.74. The van der Waals surface area contributed by atoms with Gasteiger partial charge in [-0.3, -0.25) is 9.69 Å². The van der Waals surface area contributed by atoms with Gasteiger partial charge in [-0.15, -0.1) is 0 Å². The van der Waals surface area contributed by atoms with Gasteiger partial charge in [0.2, 0.25) is 5.91 Å². The lowest BCUT2D eigenvalue weighted by molar-refractivity contribution is -0.119. The van der Waals surface area contributed by atoms with Gasteiger partial charge in [-0.2, -0.15) is 23.5 Å². The number of hydrogen-bond donors (Lipinski definition) is 2. The fraction of sp³-hybridized carbons (Fsp3) is 0.929. The van der Waals surface area contributed by atoms with Crippen LogP contribution in [0.2, 0.25) is 0 Å². The van der Waals surface area contributed by atoms with Gasteiger partial charge in [-0.05, 0) is 25.7 Å². The van der Waals surface area contributed by atoms with Gasteiger partial charge in [-0.25, -0.2) is 0 Å². The van der Waals surface area contributed by atoms with Crippen LogP contribution in [0.1, 0.15) is 25.7 Å². The van der Waals surface area contributed by atoms with E-state index in [9.17, 15) is 4.79 Å². The molecule has 0 bridgehead atoms. The summed E-state index contributed by atoms with van der Waals surface area (Å²) >= 11 is 4.37. The normalized spacial score (nSPS) is 35.9. The van der Waals surface area contributed by atoms with Crippen molar-refractivity contribution in [1.82, 2.24) is 10.2 Å². The van der Waals surface area contributed by atoms with Crippen molar-refractivity contribution in [1.29, 1.82) is 0 Å². The van der Waals surface area contributed by atoms with Crippen molar-refractivity contribution in [2.45, 2.75) is 48.3 Å². The quantitative estimate of drug-likeness (QED) is 0.807. The fourth-order valence-electron chi connectivity index (χ4n) is 3.68. The van der Waals surface area contributed by atoms with Crippen molar-refractivity contribution in [2.75, 3.05) is 31.1 Å². The Hall–Kier alpha value is 0.0900. The summed E-state index contributed by atoms with van der Waals surface area (Å²) in [6, 6.07) is 1.35. The largest absolute Gasteiger partial charge is 0.369 e. The highest BCUT2D eigenvalue weighted by atomic mass is 32.2. The van der Waals surface area contributed by atoms with E-state index < -0.39 is 0 Å². The van der Waals surface area contributed by atoms with Crippen molar-refractivity contribution in [3.05, 3.63) is 0 Å². The lowest BCUT2D eigenvalue weighted by atomic mass is 10.0. The molecule has 3 aliphatic rings. The van der Waals surface area contributed by atoms with Gasteiger partial charge in [0.05, 0.1) is 6.54 Å². The summed E-state index contributed by atoms with van der Waals surface area (Å²) in [6.45, 7) is 2.43. The number of nitrogens with zero attached hydrogens (tertiary/aromatic N) is 1. The molecule has 0 aromatic heterocycles. The molecule has 114 valence electrons. The predicted octanol–water partition coefficient (Wildman–Crippen LogP) is 0.905. The van der Waals surface area contributed by atoms with Crippen LogP contribution < -0.4 is 11.1 Å². The smallest absolute Gasteiger partial charge is 0.231 e. The Balaban J connectivity index is 1.44. The summed E-state index contributed by atoms with van der Waals surface area (Å²) in [6.07, 6.45) is 5.04. The number of rotatable bonds is 4. The maximum atomic E-state index is 10.9. The molecule has 2 aliphatic heterocycles. The van der Waals surface area contributed by atoms with Gasteiger partial charge in [0, 0.05) is 47.2 Å². The van der Waals surface area contributed by atoms with E-state index in [-0.39, 0.29) is 5.91 Å². The van der Waals surface area contributed by atoms with Crippen LogP contribution in [-0.2, 0) is 4.79 Å². The third kappa shape index (κ3) is 3.64. The number of carbonyl (C=O) groups is 1. The van der Waals surface area contributed by atoms with Gasteiger partial charge in [0.15, 0.2) is 0 Å². The standard InChI is InChI=1S/C14H25N3OS2/c15-13(18)9-17-5-3-10(4-6-17)16-11-1-2-12-14(11)20-8-7-19-12/h10-12,14,16H,1-9H2,(H2,15,18)/t11-,12+,14-/m1/s1.